The standard InChI is InChI=1S/C20H27NO3/c1-23-18-7-6-16(12-19(18)24-17-4-2-3-5-17)20(14-21)10-8-15(13-22)9-11-20/h7,12-13,15-17H,2-6,8-11H2,1H3/t15-,16?,20-. The fourth-order valence-corrected chi connectivity index (χ4v) is 4.38. The summed E-state index contributed by atoms with van der Waals surface area (Å²) in [7, 11) is 1.67. The van der Waals surface area contributed by atoms with Crippen molar-refractivity contribution in [2.75, 3.05) is 7.11 Å². The molecule has 0 aliphatic heterocycles. The van der Waals surface area contributed by atoms with Crippen LogP contribution in [0.2, 0.25) is 0 Å². The summed E-state index contributed by atoms with van der Waals surface area (Å²) in [6.07, 6.45) is 14.2. The first-order valence-corrected chi connectivity index (χ1v) is 9.20. The molecule has 3 aliphatic rings. The van der Waals surface area contributed by atoms with Crippen molar-refractivity contribution in [3.63, 3.8) is 0 Å². The third kappa shape index (κ3) is 3.36. The van der Waals surface area contributed by atoms with E-state index in [1.807, 2.05) is 0 Å². The summed E-state index contributed by atoms with van der Waals surface area (Å²) >= 11 is 0. The Balaban J connectivity index is 1.77. The lowest BCUT2D eigenvalue weighted by molar-refractivity contribution is -0.112. The monoisotopic (exact) mass is 329 g/mol. The van der Waals surface area contributed by atoms with Crippen LogP contribution in [0.15, 0.2) is 23.7 Å². The van der Waals surface area contributed by atoms with E-state index < -0.39 is 0 Å². The lowest BCUT2D eigenvalue weighted by atomic mass is 9.63. The van der Waals surface area contributed by atoms with Crippen molar-refractivity contribution in [3.8, 4) is 6.07 Å². The molecule has 24 heavy (non-hydrogen) atoms. The van der Waals surface area contributed by atoms with Gasteiger partial charge in [0.1, 0.15) is 6.29 Å². The minimum Gasteiger partial charge on any atom is -0.493 e. The van der Waals surface area contributed by atoms with Gasteiger partial charge in [-0.3, -0.25) is 0 Å². The minimum absolute atomic E-state index is 0.123. The number of hydrogen-bond donors (Lipinski definition) is 0. The first-order valence-electron chi connectivity index (χ1n) is 9.20. The van der Waals surface area contributed by atoms with Gasteiger partial charge in [-0.2, -0.15) is 5.26 Å². The summed E-state index contributed by atoms with van der Waals surface area (Å²) in [5.41, 5.74) is -0.375. The number of nitriles is 1. The van der Waals surface area contributed by atoms with E-state index >= 15 is 0 Å². The maximum absolute atomic E-state index is 11.0. The molecule has 0 aromatic heterocycles. The van der Waals surface area contributed by atoms with Crippen molar-refractivity contribution in [3.05, 3.63) is 23.7 Å². The SMILES string of the molecule is COC1=CCC([C@]2(C#N)CC[C@@H](C=O)CC2)C=C1OC1CCCC1. The summed E-state index contributed by atoms with van der Waals surface area (Å²) < 4.78 is 11.7. The van der Waals surface area contributed by atoms with Gasteiger partial charge in [-0.25, -0.2) is 0 Å². The maximum Gasteiger partial charge on any atom is 0.157 e. The Bertz CT molecular complexity index is 558. The van der Waals surface area contributed by atoms with Crippen LogP contribution in [0, 0.1) is 28.6 Å². The average Bonchev–Trinajstić information content (AvgIpc) is 3.15. The highest BCUT2D eigenvalue weighted by atomic mass is 16.5. The van der Waals surface area contributed by atoms with Crippen LogP contribution in [0.25, 0.3) is 0 Å². The number of carbonyl (C=O) groups excluding carboxylic acids is 1. The van der Waals surface area contributed by atoms with Crippen molar-refractivity contribution in [1.82, 2.24) is 0 Å². The van der Waals surface area contributed by atoms with Gasteiger partial charge in [0.15, 0.2) is 11.5 Å². The molecule has 130 valence electrons. The average molecular weight is 329 g/mol. The zero-order valence-electron chi connectivity index (χ0n) is 14.5. The second-order valence-electron chi connectivity index (χ2n) is 7.41. The zero-order valence-corrected chi connectivity index (χ0v) is 14.5. The van der Waals surface area contributed by atoms with Gasteiger partial charge in [-0.05, 0) is 69.9 Å². The molecule has 0 radical (unpaired) electrons. The molecule has 0 N–H and O–H groups in total. The summed E-state index contributed by atoms with van der Waals surface area (Å²) in [4.78, 5) is 11.0. The van der Waals surface area contributed by atoms with E-state index in [9.17, 15) is 10.1 Å². The molecule has 0 spiro atoms. The number of carbonyl (C=O) groups is 1. The number of ether oxygens (including phenoxy) is 2. The van der Waals surface area contributed by atoms with Gasteiger partial charge in [-0.1, -0.05) is 0 Å². The first-order chi connectivity index (χ1) is 11.7. The Kier molecular flexibility index (Phi) is 5.28. The summed E-state index contributed by atoms with van der Waals surface area (Å²) in [6, 6.07) is 2.59. The van der Waals surface area contributed by atoms with Crippen LogP contribution in [0.1, 0.15) is 57.8 Å². The summed E-state index contributed by atoms with van der Waals surface area (Å²) in [5, 5.41) is 9.89. The van der Waals surface area contributed by atoms with Crippen LogP contribution in [-0.4, -0.2) is 19.5 Å². The van der Waals surface area contributed by atoms with E-state index in [1.54, 1.807) is 7.11 Å². The molecule has 3 rings (SSSR count). The third-order valence-electron chi connectivity index (χ3n) is 6.02. The van der Waals surface area contributed by atoms with E-state index in [4.69, 9.17) is 9.47 Å². The number of nitrogens with zero attached hydrogens (tertiary/aromatic N) is 1. The van der Waals surface area contributed by atoms with Crippen LogP contribution < -0.4 is 0 Å². The number of rotatable bonds is 5. The lowest BCUT2D eigenvalue weighted by Gasteiger charge is -2.39. The molecule has 3 aliphatic carbocycles. The van der Waals surface area contributed by atoms with E-state index in [2.05, 4.69) is 18.2 Å². The topological polar surface area (TPSA) is 59.3 Å². The molecule has 2 fully saturated rings. The largest absolute Gasteiger partial charge is 0.493 e. The van der Waals surface area contributed by atoms with Gasteiger partial charge in [0.2, 0.25) is 0 Å². The fourth-order valence-electron chi connectivity index (χ4n) is 4.38. The van der Waals surface area contributed by atoms with Gasteiger partial charge in [0, 0.05) is 11.8 Å². The van der Waals surface area contributed by atoms with E-state index in [-0.39, 0.29) is 23.4 Å². The molecule has 2 saturated carbocycles. The predicted molar refractivity (Wildman–Crippen MR) is 90.7 cm³/mol. The van der Waals surface area contributed by atoms with Crippen LogP contribution in [-0.2, 0) is 14.3 Å². The molecular weight excluding hydrogens is 302 g/mol. The highest BCUT2D eigenvalue weighted by Gasteiger charge is 2.42. The van der Waals surface area contributed by atoms with Crippen LogP contribution in [0.5, 0.6) is 0 Å². The molecule has 0 heterocycles. The summed E-state index contributed by atoms with van der Waals surface area (Å²) in [6.45, 7) is 0. The van der Waals surface area contributed by atoms with Crippen LogP contribution >= 0.6 is 0 Å². The third-order valence-corrected chi connectivity index (χ3v) is 6.02. The van der Waals surface area contributed by atoms with Crippen LogP contribution in [0.3, 0.4) is 0 Å². The van der Waals surface area contributed by atoms with Crippen molar-refractivity contribution < 1.29 is 14.3 Å². The second-order valence-corrected chi connectivity index (χ2v) is 7.41. The number of allylic oxidation sites excluding steroid dienone is 2. The van der Waals surface area contributed by atoms with Crippen molar-refractivity contribution in [2.24, 2.45) is 17.3 Å². The Morgan fingerprint density at radius 3 is 2.50 bits per heavy atom. The molecule has 0 saturated heterocycles. The smallest absolute Gasteiger partial charge is 0.157 e. The molecule has 4 nitrogen and oxygen atoms in total. The van der Waals surface area contributed by atoms with Crippen molar-refractivity contribution in [2.45, 2.75) is 63.9 Å². The maximum atomic E-state index is 11.0. The Labute approximate surface area is 144 Å². The second kappa shape index (κ2) is 7.42. The van der Waals surface area contributed by atoms with Crippen molar-refractivity contribution >= 4 is 6.29 Å². The van der Waals surface area contributed by atoms with E-state index in [0.717, 1.165) is 62.8 Å². The Morgan fingerprint density at radius 1 is 1.21 bits per heavy atom. The lowest BCUT2D eigenvalue weighted by Crippen LogP contribution is -2.34. The zero-order chi connectivity index (χ0) is 17.0. The van der Waals surface area contributed by atoms with Crippen molar-refractivity contribution in [1.29, 1.82) is 5.26 Å². The molecule has 1 atom stereocenters. The van der Waals surface area contributed by atoms with Gasteiger partial charge < -0.3 is 14.3 Å². The van der Waals surface area contributed by atoms with Gasteiger partial charge in [0.05, 0.1) is 24.7 Å². The molecule has 4 heteroatoms. The van der Waals surface area contributed by atoms with Gasteiger partial charge in [0.25, 0.3) is 0 Å². The van der Waals surface area contributed by atoms with Gasteiger partial charge >= 0.3 is 0 Å². The Morgan fingerprint density at radius 2 is 1.92 bits per heavy atom. The van der Waals surface area contributed by atoms with E-state index in [1.165, 1.54) is 12.8 Å². The molecule has 0 bridgehead atoms. The van der Waals surface area contributed by atoms with E-state index in [0.29, 0.717) is 0 Å². The number of hydrogen-bond acceptors (Lipinski definition) is 4. The van der Waals surface area contributed by atoms with Crippen LogP contribution in [0.4, 0.5) is 0 Å². The van der Waals surface area contributed by atoms with Gasteiger partial charge in [-0.15, -0.1) is 0 Å². The quantitative estimate of drug-likeness (QED) is 0.706. The normalized spacial score (nSPS) is 34.0. The minimum atomic E-state index is -0.375. The molecule has 0 aromatic carbocycles. The molecule has 1 unspecified atom stereocenters. The highest BCUT2D eigenvalue weighted by molar-refractivity contribution is 5.53. The highest BCUT2D eigenvalue weighted by Crippen LogP contribution is 2.48. The predicted octanol–water partition coefficient (Wildman–Crippen LogP) is 4.28. The fraction of sp³-hybridized carbons (Fsp3) is 0.700. The molecular formula is C20H27NO3. The summed E-state index contributed by atoms with van der Waals surface area (Å²) in [5.74, 6) is 1.88. The number of methoxy groups -OCH3 is 1. The Hall–Kier alpha value is -1.76. The number of aldehydes is 1. The molecule has 0 amide bonds. The molecule has 0 aromatic rings. The first kappa shape index (κ1) is 17.1.